The van der Waals surface area contributed by atoms with Crippen molar-refractivity contribution in [2.24, 2.45) is 17.8 Å². The number of nitrogens with zero attached hydrogens (tertiary/aromatic N) is 2. The molecule has 2 aliphatic rings. The van der Waals surface area contributed by atoms with Gasteiger partial charge in [0, 0.05) is 25.3 Å². The van der Waals surface area contributed by atoms with E-state index in [2.05, 4.69) is 28.7 Å². The Hall–Kier alpha value is -0.830. The van der Waals surface area contributed by atoms with Crippen molar-refractivity contribution in [1.29, 1.82) is 0 Å². The van der Waals surface area contributed by atoms with Crippen LogP contribution in [0.15, 0.2) is 12.5 Å². The molecular formula is C16H27N3. The van der Waals surface area contributed by atoms with Crippen LogP contribution in [0.5, 0.6) is 0 Å². The van der Waals surface area contributed by atoms with Crippen molar-refractivity contribution in [3.05, 3.63) is 18.2 Å². The van der Waals surface area contributed by atoms with Gasteiger partial charge in [-0.1, -0.05) is 13.3 Å². The second-order valence-corrected chi connectivity index (χ2v) is 6.59. The number of nitrogens with one attached hydrogen (secondary N) is 1. The fourth-order valence-electron chi connectivity index (χ4n) is 4.26. The van der Waals surface area contributed by atoms with Gasteiger partial charge in [0.25, 0.3) is 0 Å². The average molecular weight is 261 g/mol. The molecule has 0 aromatic carbocycles. The summed E-state index contributed by atoms with van der Waals surface area (Å²) in [7, 11) is 0. The Morgan fingerprint density at radius 1 is 1.42 bits per heavy atom. The van der Waals surface area contributed by atoms with E-state index in [4.69, 9.17) is 0 Å². The number of fused-ring (bicyclic) bond motifs is 2. The van der Waals surface area contributed by atoms with Gasteiger partial charge in [-0.2, -0.15) is 0 Å². The van der Waals surface area contributed by atoms with Crippen molar-refractivity contribution in [3.63, 3.8) is 0 Å². The number of aromatic nitrogens is 2. The summed E-state index contributed by atoms with van der Waals surface area (Å²) in [6.45, 7) is 6.65. The molecule has 3 rings (SSSR count). The van der Waals surface area contributed by atoms with Crippen LogP contribution in [0.2, 0.25) is 0 Å². The minimum absolute atomic E-state index is 0.653. The Bertz CT molecular complexity index is 412. The molecule has 2 saturated carbocycles. The summed E-state index contributed by atoms with van der Waals surface area (Å²) in [6, 6.07) is 0.653. The van der Waals surface area contributed by atoms with E-state index >= 15 is 0 Å². The average Bonchev–Trinajstić information content (AvgIpc) is 3.12. The van der Waals surface area contributed by atoms with Gasteiger partial charge < -0.3 is 9.88 Å². The molecule has 2 bridgehead atoms. The summed E-state index contributed by atoms with van der Waals surface area (Å²) in [5.41, 5.74) is 1.33. The second kappa shape index (κ2) is 5.66. The van der Waals surface area contributed by atoms with Gasteiger partial charge >= 0.3 is 0 Å². The molecule has 1 N–H and O–H groups in total. The highest BCUT2D eigenvalue weighted by atomic mass is 15.1. The van der Waals surface area contributed by atoms with Crippen LogP contribution in [0.25, 0.3) is 0 Å². The van der Waals surface area contributed by atoms with E-state index in [9.17, 15) is 0 Å². The first kappa shape index (κ1) is 13.2. The molecule has 2 fully saturated rings. The van der Waals surface area contributed by atoms with E-state index in [1.54, 1.807) is 0 Å². The Balaban J connectivity index is 1.52. The fourth-order valence-corrected chi connectivity index (χ4v) is 4.26. The summed E-state index contributed by atoms with van der Waals surface area (Å²) >= 11 is 0. The highest BCUT2D eigenvalue weighted by Gasteiger charge is 2.41. The van der Waals surface area contributed by atoms with E-state index in [1.807, 2.05) is 12.5 Å². The largest absolute Gasteiger partial charge is 0.333 e. The van der Waals surface area contributed by atoms with E-state index in [1.165, 1.54) is 37.8 Å². The van der Waals surface area contributed by atoms with Gasteiger partial charge in [0.2, 0.25) is 0 Å². The number of hydrogen-bond acceptors (Lipinski definition) is 2. The molecule has 1 aromatic rings. The lowest BCUT2D eigenvalue weighted by molar-refractivity contribution is 0.258. The van der Waals surface area contributed by atoms with Crippen LogP contribution < -0.4 is 5.32 Å². The van der Waals surface area contributed by atoms with Gasteiger partial charge in [0.05, 0.1) is 12.0 Å². The van der Waals surface area contributed by atoms with Crippen LogP contribution in [0.4, 0.5) is 0 Å². The highest BCUT2D eigenvalue weighted by molar-refractivity contribution is 5.00. The first-order valence-corrected chi connectivity index (χ1v) is 8.00. The molecule has 2 aliphatic carbocycles. The molecule has 0 saturated heterocycles. The minimum Gasteiger partial charge on any atom is -0.333 e. The third kappa shape index (κ3) is 2.71. The quantitative estimate of drug-likeness (QED) is 0.852. The van der Waals surface area contributed by atoms with E-state index in [0.717, 1.165) is 30.8 Å². The number of hydrogen-bond donors (Lipinski definition) is 1. The monoisotopic (exact) mass is 261 g/mol. The van der Waals surface area contributed by atoms with Crippen molar-refractivity contribution in [3.8, 4) is 0 Å². The predicted octanol–water partition coefficient (Wildman–Crippen LogP) is 3.21. The minimum atomic E-state index is 0.653. The van der Waals surface area contributed by atoms with Crippen molar-refractivity contribution < 1.29 is 0 Å². The summed E-state index contributed by atoms with van der Waals surface area (Å²) in [5.74, 6) is 2.97. The van der Waals surface area contributed by atoms with Gasteiger partial charge in [-0.15, -0.1) is 0 Å². The van der Waals surface area contributed by atoms with Crippen LogP contribution >= 0.6 is 0 Å². The fraction of sp³-hybridized carbons (Fsp3) is 0.812. The molecular weight excluding hydrogens is 234 g/mol. The molecule has 0 amide bonds. The third-order valence-corrected chi connectivity index (χ3v) is 5.30. The molecule has 4 unspecified atom stereocenters. The van der Waals surface area contributed by atoms with Crippen LogP contribution in [-0.4, -0.2) is 15.6 Å². The van der Waals surface area contributed by atoms with Gasteiger partial charge in [-0.3, -0.25) is 0 Å². The smallest absolute Gasteiger partial charge is 0.0948 e. The van der Waals surface area contributed by atoms with Crippen molar-refractivity contribution in [1.82, 2.24) is 14.9 Å². The molecule has 1 aromatic heterocycles. The lowest BCUT2D eigenvalue weighted by atomic mass is 9.84. The van der Waals surface area contributed by atoms with E-state index < -0.39 is 0 Å². The molecule has 19 heavy (non-hydrogen) atoms. The van der Waals surface area contributed by atoms with Crippen LogP contribution in [0, 0.1) is 17.8 Å². The molecule has 106 valence electrons. The maximum Gasteiger partial charge on any atom is 0.0948 e. The predicted molar refractivity (Wildman–Crippen MR) is 77.8 cm³/mol. The zero-order valence-corrected chi connectivity index (χ0v) is 12.3. The van der Waals surface area contributed by atoms with Gasteiger partial charge in [0.1, 0.15) is 0 Å². The molecule has 0 aliphatic heterocycles. The SMILES string of the molecule is CCCn1cncc1CNC(C)C1CC2CCC1C2. The topological polar surface area (TPSA) is 29.9 Å². The van der Waals surface area contributed by atoms with Crippen LogP contribution in [0.1, 0.15) is 51.6 Å². The van der Waals surface area contributed by atoms with Crippen LogP contribution in [0.3, 0.4) is 0 Å². The molecule has 0 spiro atoms. The first-order chi connectivity index (χ1) is 9.28. The lowest BCUT2D eigenvalue weighted by Crippen LogP contribution is -2.36. The van der Waals surface area contributed by atoms with Gasteiger partial charge in [0.15, 0.2) is 0 Å². The molecule has 4 atom stereocenters. The number of imidazole rings is 1. The lowest BCUT2D eigenvalue weighted by Gasteiger charge is -2.28. The third-order valence-electron chi connectivity index (χ3n) is 5.30. The Morgan fingerprint density at radius 3 is 3.00 bits per heavy atom. The Morgan fingerprint density at radius 2 is 2.32 bits per heavy atom. The molecule has 1 heterocycles. The molecule has 3 heteroatoms. The summed E-state index contributed by atoms with van der Waals surface area (Å²) in [5, 5.41) is 3.75. The zero-order valence-electron chi connectivity index (χ0n) is 12.3. The molecule has 3 nitrogen and oxygen atoms in total. The first-order valence-electron chi connectivity index (χ1n) is 8.00. The molecule has 0 radical (unpaired) electrons. The van der Waals surface area contributed by atoms with Crippen molar-refractivity contribution in [2.75, 3.05) is 0 Å². The summed E-state index contributed by atoms with van der Waals surface area (Å²) in [6.07, 6.45) is 11.1. The van der Waals surface area contributed by atoms with Gasteiger partial charge in [-0.05, 0) is 50.4 Å². The Kier molecular flexibility index (Phi) is 3.92. The van der Waals surface area contributed by atoms with Crippen molar-refractivity contribution >= 4 is 0 Å². The zero-order chi connectivity index (χ0) is 13.2. The summed E-state index contributed by atoms with van der Waals surface area (Å²) in [4.78, 5) is 4.28. The normalized spacial score (nSPS) is 30.9. The maximum atomic E-state index is 4.28. The van der Waals surface area contributed by atoms with E-state index in [-0.39, 0.29) is 0 Å². The summed E-state index contributed by atoms with van der Waals surface area (Å²) < 4.78 is 2.28. The van der Waals surface area contributed by atoms with Crippen molar-refractivity contribution in [2.45, 2.75) is 65.1 Å². The standard InChI is InChI=1S/C16H27N3/c1-3-6-19-11-17-9-15(19)10-18-12(2)16-8-13-4-5-14(16)7-13/h9,11-14,16,18H,3-8,10H2,1-2H3. The van der Waals surface area contributed by atoms with Crippen LogP contribution in [-0.2, 0) is 13.1 Å². The number of aryl methyl sites for hydroxylation is 1. The highest BCUT2D eigenvalue weighted by Crippen LogP contribution is 2.49. The second-order valence-electron chi connectivity index (χ2n) is 6.59. The van der Waals surface area contributed by atoms with E-state index in [0.29, 0.717) is 6.04 Å². The maximum absolute atomic E-state index is 4.28. The number of rotatable bonds is 6. The Labute approximate surface area is 116 Å². The van der Waals surface area contributed by atoms with Gasteiger partial charge in [-0.25, -0.2) is 4.98 Å².